The highest BCUT2D eigenvalue weighted by atomic mass is 32.2. The van der Waals surface area contributed by atoms with Crippen LogP contribution in [0.5, 0.6) is 11.5 Å². The van der Waals surface area contributed by atoms with Crippen molar-refractivity contribution in [2.75, 3.05) is 24.3 Å². The third-order valence-electron chi connectivity index (χ3n) is 4.52. The summed E-state index contributed by atoms with van der Waals surface area (Å²) in [7, 11) is -1.13. The highest BCUT2D eigenvalue weighted by Crippen LogP contribution is 2.30. The fraction of sp³-hybridized carbons (Fsp3) is 0.136. The first-order chi connectivity index (χ1) is 14.7. The lowest BCUT2D eigenvalue weighted by atomic mass is 10.1. The molecule has 3 aromatic rings. The van der Waals surface area contributed by atoms with Gasteiger partial charge in [-0.15, -0.1) is 0 Å². The maximum atomic E-state index is 13.9. The minimum atomic E-state index is -4.11. The third-order valence-corrected chi connectivity index (χ3v) is 5.89. The summed E-state index contributed by atoms with van der Waals surface area (Å²) in [6, 6.07) is 14.4. The van der Waals surface area contributed by atoms with Crippen LogP contribution in [0, 0.1) is 12.7 Å². The number of amides is 1. The van der Waals surface area contributed by atoms with E-state index in [1.54, 1.807) is 25.1 Å². The van der Waals surface area contributed by atoms with E-state index in [1.807, 2.05) is 0 Å². The number of para-hydroxylation sites is 1. The minimum absolute atomic E-state index is 0.159. The molecule has 0 heterocycles. The number of nitrogens with one attached hydrogen (secondary N) is 2. The molecular weight excluding hydrogens is 423 g/mol. The van der Waals surface area contributed by atoms with Gasteiger partial charge in [-0.25, -0.2) is 12.8 Å². The highest BCUT2D eigenvalue weighted by Gasteiger charge is 2.20. The Labute approximate surface area is 179 Å². The third kappa shape index (κ3) is 4.95. The molecule has 9 heteroatoms. The van der Waals surface area contributed by atoms with E-state index < -0.39 is 21.7 Å². The zero-order valence-corrected chi connectivity index (χ0v) is 17.9. The van der Waals surface area contributed by atoms with Crippen molar-refractivity contribution in [3.05, 3.63) is 77.6 Å². The second-order valence-electron chi connectivity index (χ2n) is 6.59. The molecule has 0 aliphatic heterocycles. The zero-order chi connectivity index (χ0) is 22.6. The highest BCUT2D eigenvalue weighted by molar-refractivity contribution is 7.92. The fourth-order valence-corrected chi connectivity index (χ4v) is 3.97. The van der Waals surface area contributed by atoms with Gasteiger partial charge in [-0.3, -0.25) is 9.52 Å². The summed E-state index contributed by atoms with van der Waals surface area (Å²) in [4.78, 5) is 12.7. The van der Waals surface area contributed by atoms with Gasteiger partial charge >= 0.3 is 0 Å². The van der Waals surface area contributed by atoms with Gasteiger partial charge < -0.3 is 14.8 Å². The van der Waals surface area contributed by atoms with E-state index in [-0.39, 0.29) is 16.1 Å². The molecule has 7 nitrogen and oxygen atoms in total. The average molecular weight is 444 g/mol. The molecule has 0 aromatic heterocycles. The number of rotatable bonds is 7. The quantitative estimate of drug-likeness (QED) is 0.570. The number of anilines is 2. The number of aryl methyl sites for hydroxylation is 1. The van der Waals surface area contributed by atoms with Crippen molar-refractivity contribution in [3.63, 3.8) is 0 Å². The number of methoxy groups -OCH3 is 2. The number of sulfonamides is 1. The van der Waals surface area contributed by atoms with Crippen molar-refractivity contribution in [2.24, 2.45) is 0 Å². The Bertz CT molecular complexity index is 1230. The van der Waals surface area contributed by atoms with E-state index in [2.05, 4.69) is 10.0 Å². The summed E-state index contributed by atoms with van der Waals surface area (Å²) in [6.45, 7) is 1.68. The van der Waals surface area contributed by atoms with Crippen molar-refractivity contribution in [3.8, 4) is 11.5 Å². The summed E-state index contributed by atoms with van der Waals surface area (Å²) in [5.74, 6) is -0.274. The van der Waals surface area contributed by atoms with Crippen LogP contribution in [-0.4, -0.2) is 28.5 Å². The fourth-order valence-electron chi connectivity index (χ4n) is 2.87. The van der Waals surface area contributed by atoms with Crippen LogP contribution >= 0.6 is 0 Å². The van der Waals surface area contributed by atoms with Crippen molar-refractivity contribution < 1.29 is 27.1 Å². The van der Waals surface area contributed by atoms with E-state index in [0.29, 0.717) is 22.7 Å². The molecule has 0 aliphatic rings. The monoisotopic (exact) mass is 444 g/mol. The average Bonchev–Trinajstić information content (AvgIpc) is 2.75. The molecule has 1 amide bonds. The smallest absolute Gasteiger partial charge is 0.262 e. The number of ether oxygens (including phenoxy) is 2. The molecule has 162 valence electrons. The van der Waals surface area contributed by atoms with Gasteiger partial charge in [0.1, 0.15) is 5.82 Å². The molecule has 0 unspecified atom stereocenters. The summed E-state index contributed by atoms with van der Waals surface area (Å²) < 4.78 is 51.9. The minimum Gasteiger partial charge on any atom is -0.493 e. The van der Waals surface area contributed by atoms with Gasteiger partial charge in [-0.1, -0.05) is 18.2 Å². The van der Waals surface area contributed by atoms with Crippen LogP contribution in [0.15, 0.2) is 65.6 Å². The Kier molecular flexibility index (Phi) is 6.45. The Hall–Kier alpha value is -3.59. The molecule has 0 aliphatic carbocycles. The number of carbonyl (C=O) groups is 1. The lowest BCUT2D eigenvalue weighted by Gasteiger charge is -2.13. The normalized spacial score (nSPS) is 11.0. The lowest BCUT2D eigenvalue weighted by Crippen LogP contribution is -2.17. The van der Waals surface area contributed by atoms with Crippen LogP contribution in [0.2, 0.25) is 0 Å². The van der Waals surface area contributed by atoms with Crippen LogP contribution in [-0.2, 0) is 10.0 Å². The Morgan fingerprint density at radius 1 is 0.935 bits per heavy atom. The molecule has 3 rings (SSSR count). The lowest BCUT2D eigenvalue weighted by molar-refractivity contribution is 0.102. The standard InChI is InChI=1S/C22H21FN2O5S/c1-14-8-10-16(31(27,28)25-19-7-5-4-6-18(19)23)13-17(14)22(26)24-15-9-11-20(29-2)21(12-15)30-3/h4-13,25H,1-3H3,(H,24,26). The summed E-state index contributed by atoms with van der Waals surface area (Å²) in [5, 5.41) is 2.71. The molecule has 0 radical (unpaired) electrons. The predicted octanol–water partition coefficient (Wildman–Crippen LogP) is 4.20. The molecule has 0 saturated heterocycles. The second-order valence-corrected chi connectivity index (χ2v) is 8.27. The maximum Gasteiger partial charge on any atom is 0.262 e. The molecule has 0 bridgehead atoms. The van der Waals surface area contributed by atoms with Crippen LogP contribution in [0.3, 0.4) is 0 Å². The van der Waals surface area contributed by atoms with Gasteiger partial charge in [0.15, 0.2) is 11.5 Å². The Balaban J connectivity index is 1.88. The van der Waals surface area contributed by atoms with Crippen LogP contribution < -0.4 is 19.5 Å². The van der Waals surface area contributed by atoms with Gasteiger partial charge in [0.05, 0.1) is 24.8 Å². The van der Waals surface area contributed by atoms with Gasteiger partial charge in [0.25, 0.3) is 15.9 Å². The van der Waals surface area contributed by atoms with Gasteiger partial charge in [-0.2, -0.15) is 0 Å². The summed E-state index contributed by atoms with van der Waals surface area (Å²) in [5.41, 5.74) is 0.994. The van der Waals surface area contributed by atoms with Gasteiger partial charge in [0, 0.05) is 17.3 Å². The topological polar surface area (TPSA) is 93.7 Å². The molecule has 0 fully saturated rings. The SMILES string of the molecule is COc1ccc(NC(=O)c2cc(S(=O)(=O)Nc3ccccc3F)ccc2C)cc1OC. The van der Waals surface area contributed by atoms with E-state index in [4.69, 9.17) is 9.47 Å². The first kappa shape index (κ1) is 22.1. The number of hydrogen-bond donors (Lipinski definition) is 2. The van der Waals surface area contributed by atoms with E-state index in [1.165, 1.54) is 50.6 Å². The molecule has 31 heavy (non-hydrogen) atoms. The predicted molar refractivity (Wildman–Crippen MR) is 116 cm³/mol. The van der Waals surface area contributed by atoms with E-state index in [0.717, 1.165) is 6.07 Å². The summed E-state index contributed by atoms with van der Waals surface area (Å²) >= 11 is 0. The van der Waals surface area contributed by atoms with Gasteiger partial charge in [-0.05, 0) is 48.9 Å². The number of hydrogen-bond acceptors (Lipinski definition) is 5. The van der Waals surface area contributed by atoms with Crippen molar-refractivity contribution in [1.29, 1.82) is 0 Å². The molecular formula is C22H21FN2O5S. The molecule has 0 atom stereocenters. The zero-order valence-electron chi connectivity index (χ0n) is 17.1. The van der Waals surface area contributed by atoms with Crippen LogP contribution in [0.4, 0.5) is 15.8 Å². The molecule has 3 aromatic carbocycles. The largest absolute Gasteiger partial charge is 0.493 e. The van der Waals surface area contributed by atoms with Crippen molar-refractivity contribution >= 4 is 27.3 Å². The van der Waals surface area contributed by atoms with Gasteiger partial charge in [0.2, 0.25) is 0 Å². The molecule has 2 N–H and O–H groups in total. The van der Waals surface area contributed by atoms with E-state index in [9.17, 15) is 17.6 Å². The second kappa shape index (κ2) is 9.05. The van der Waals surface area contributed by atoms with Crippen LogP contribution in [0.25, 0.3) is 0 Å². The van der Waals surface area contributed by atoms with Crippen LogP contribution in [0.1, 0.15) is 15.9 Å². The first-order valence-electron chi connectivity index (χ1n) is 9.16. The van der Waals surface area contributed by atoms with E-state index >= 15 is 0 Å². The number of carbonyl (C=O) groups excluding carboxylic acids is 1. The first-order valence-corrected chi connectivity index (χ1v) is 10.6. The number of halogens is 1. The molecule has 0 spiro atoms. The van der Waals surface area contributed by atoms with Crippen molar-refractivity contribution in [2.45, 2.75) is 11.8 Å². The number of benzene rings is 3. The van der Waals surface area contributed by atoms with Crippen molar-refractivity contribution in [1.82, 2.24) is 0 Å². The Morgan fingerprint density at radius 3 is 2.32 bits per heavy atom. The summed E-state index contributed by atoms with van der Waals surface area (Å²) in [6.07, 6.45) is 0. The maximum absolute atomic E-state index is 13.9. The molecule has 0 saturated carbocycles. The Morgan fingerprint density at radius 2 is 1.65 bits per heavy atom.